The van der Waals surface area contributed by atoms with Crippen LogP contribution in [0.15, 0.2) is 24.5 Å². The van der Waals surface area contributed by atoms with Crippen LogP contribution in [0.25, 0.3) is 0 Å². The van der Waals surface area contributed by atoms with Crippen molar-refractivity contribution in [2.45, 2.75) is 52.4 Å². The van der Waals surface area contributed by atoms with E-state index in [0.29, 0.717) is 28.9 Å². The van der Waals surface area contributed by atoms with Crippen LogP contribution in [0, 0.1) is 6.92 Å². The van der Waals surface area contributed by atoms with Crippen molar-refractivity contribution in [3.05, 3.63) is 52.6 Å². The van der Waals surface area contributed by atoms with Gasteiger partial charge in [0.05, 0.1) is 24.5 Å². The summed E-state index contributed by atoms with van der Waals surface area (Å²) in [5.41, 5.74) is 2.71. The Bertz CT molecular complexity index is 933. The minimum atomic E-state index is -2.94. The molecule has 1 aliphatic rings. The number of ether oxygens (including phenoxy) is 2. The molecule has 2 unspecified atom stereocenters. The van der Waals surface area contributed by atoms with Crippen LogP contribution >= 0.6 is 0 Å². The second-order valence-corrected chi connectivity index (χ2v) is 7.40. The fourth-order valence-corrected chi connectivity index (χ4v) is 3.41. The number of aliphatic hydroxyl groups is 1. The van der Waals surface area contributed by atoms with Crippen LogP contribution in [0.1, 0.15) is 65.9 Å². The predicted octanol–water partition coefficient (Wildman–Crippen LogP) is 3.56. The molecule has 0 fully saturated rings. The molecule has 0 aliphatic carbocycles. The number of carbonyl (C=O) groups excluding carboxylic acids is 1. The summed E-state index contributed by atoms with van der Waals surface area (Å²) in [6.45, 7) is 5.92. The maximum atomic E-state index is 13.0. The molecule has 1 N–H and O–H groups in total. The molecular weight excluding hydrogens is 396 g/mol. The van der Waals surface area contributed by atoms with Crippen molar-refractivity contribution in [1.29, 1.82) is 0 Å². The van der Waals surface area contributed by atoms with Crippen molar-refractivity contribution < 1.29 is 28.2 Å². The van der Waals surface area contributed by atoms with E-state index in [-0.39, 0.29) is 24.1 Å². The number of carbonyl (C=O) groups is 1. The molecule has 3 heterocycles. The average Bonchev–Trinajstić information content (AvgIpc) is 3.02. The van der Waals surface area contributed by atoms with Gasteiger partial charge in [-0.05, 0) is 38.5 Å². The van der Waals surface area contributed by atoms with Gasteiger partial charge in [-0.1, -0.05) is 0 Å². The van der Waals surface area contributed by atoms with E-state index in [1.165, 1.54) is 12.4 Å². The Morgan fingerprint density at radius 2 is 2.17 bits per heavy atom. The molecule has 30 heavy (non-hydrogen) atoms. The SMILES string of the molecule is CCOC(=O)c1nccc2c1CN(C(C)c1cc(C)c(OCC(C)(F)F)cn1)C2O. The van der Waals surface area contributed by atoms with Gasteiger partial charge in [0.2, 0.25) is 0 Å². The van der Waals surface area contributed by atoms with Gasteiger partial charge in [-0.3, -0.25) is 9.88 Å². The third kappa shape index (κ3) is 4.57. The first kappa shape index (κ1) is 22.0. The van der Waals surface area contributed by atoms with Crippen molar-refractivity contribution in [1.82, 2.24) is 14.9 Å². The molecule has 0 aromatic carbocycles. The Balaban J connectivity index is 1.80. The van der Waals surface area contributed by atoms with Crippen LogP contribution in [-0.2, 0) is 11.3 Å². The molecular formula is C21H25F2N3O4. The van der Waals surface area contributed by atoms with Crippen LogP contribution < -0.4 is 4.74 Å². The zero-order chi connectivity index (χ0) is 22.1. The van der Waals surface area contributed by atoms with Gasteiger partial charge >= 0.3 is 5.97 Å². The first-order chi connectivity index (χ1) is 14.1. The Labute approximate surface area is 173 Å². The topological polar surface area (TPSA) is 84.8 Å². The number of hydrogen-bond acceptors (Lipinski definition) is 7. The van der Waals surface area contributed by atoms with E-state index in [9.17, 15) is 18.7 Å². The summed E-state index contributed by atoms with van der Waals surface area (Å²) < 4.78 is 36.3. The molecule has 0 saturated carbocycles. The van der Waals surface area contributed by atoms with Gasteiger partial charge in [-0.15, -0.1) is 0 Å². The van der Waals surface area contributed by atoms with Crippen molar-refractivity contribution in [2.75, 3.05) is 13.2 Å². The molecule has 1 aliphatic heterocycles. The molecule has 162 valence electrons. The third-order valence-electron chi connectivity index (χ3n) is 4.98. The Morgan fingerprint density at radius 1 is 1.43 bits per heavy atom. The van der Waals surface area contributed by atoms with E-state index in [0.717, 1.165) is 6.92 Å². The smallest absolute Gasteiger partial charge is 0.357 e. The number of aliphatic hydroxyl groups excluding tert-OH is 1. The van der Waals surface area contributed by atoms with Crippen molar-refractivity contribution in [3.8, 4) is 5.75 Å². The maximum Gasteiger partial charge on any atom is 0.357 e. The first-order valence-electron chi connectivity index (χ1n) is 9.68. The lowest BCUT2D eigenvalue weighted by Gasteiger charge is -2.27. The van der Waals surface area contributed by atoms with Crippen LogP contribution in [-0.4, -0.2) is 45.1 Å². The fraction of sp³-hybridized carbons (Fsp3) is 0.476. The summed E-state index contributed by atoms with van der Waals surface area (Å²) in [6.07, 6.45) is 1.94. The molecule has 2 aromatic rings. The monoisotopic (exact) mass is 421 g/mol. The molecule has 0 spiro atoms. The Kier molecular flexibility index (Phi) is 6.33. The molecule has 7 nitrogen and oxygen atoms in total. The first-order valence-corrected chi connectivity index (χ1v) is 9.68. The van der Waals surface area contributed by atoms with Crippen molar-refractivity contribution in [2.24, 2.45) is 0 Å². The van der Waals surface area contributed by atoms with Crippen LogP contribution in [0.2, 0.25) is 0 Å². The third-order valence-corrected chi connectivity index (χ3v) is 4.98. The van der Waals surface area contributed by atoms with Gasteiger partial charge in [0, 0.05) is 30.8 Å². The standard InChI is InChI=1S/C21H25F2N3O4/c1-5-29-20(28)18-15-10-26(19(27)14(15)6-7-24-18)13(3)16-8-12(2)17(9-25-16)30-11-21(4,22)23/h6-9,13,19,27H,5,10-11H2,1-4H3. The number of aryl methyl sites for hydroxylation is 1. The number of aromatic nitrogens is 2. The molecule has 0 amide bonds. The second-order valence-electron chi connectivity index (χ2n) is 7.40. The van der Waals surface area contributed by atoms with E-state index < -0.39 is 24.7 Å². The molecule has 0 saturated heterocycles. The minimum absolute atomic E-state index is 0.191. The molecule has 9 heteroatoms. The van der Waals surface area contributed by atoms with E-state index in [2.05, 4.69) is 9.97 Å². The van der Waals surface area contributed by atoms with Crippen molar-refractivity contribution in [3.63, 3.8) is 0 Å². The summed E-state index contributed by atoms with van der Waals surface area (Å²) in [7, 11) is 0. The number of hydrogen-bond donors (Lipinski definition) is 1. The molecule has 2 aromatic heterocycles. The predicted molar refractivity (Wildman–Crippen MR) is 104 cm³/mol. The highest BCUT2D eigenvalue weighted by Crippen LogP contribution is 2.39. The normalized spacial score (nSPS) is 17.5. The quantitative estimate of drug-likeness (QED) is 0.684. The highest BCUT2D eigenvalue weighted by molar-refractivity contribution is 5.89. The van der Waals surface area contributed by atoms with E-state index in [1.807, 2.05) is 6.92 Å². The highest BCUT2D eigenvalue weighted by atomic mass is 19.3. The van der Waals surface area contributed by atoms with E-state index in [4.69, 9.17) is 9.47 Å². The summed E-state index contributed by atoms with van der Waals surface area (Å²) in [6, 6.07) is 3.10. The molecule has 0 radical (unpaired) electrons. The summed E-state index contributed by atoms with van der Waals surface area (Å²) in [5, 5.41) is 10.8. The van der Waals surface area contributed by atoms with Gasteiger partial charge in [-0.2, -0.15) is 0 Å². The van der Waals surface area contributed by atoms with Gasteiger partial charge in [0.1, 0.15) is 12.0 Å². The van der Waals surface area contributed by atoms with Crippen LogP contribution in [0.5, 0.6) is 5.75 Å². The number of esters is 1. The lowest BCUT2D eigenvalue weighted by Crippen LogP contribution is -2.26. The van der Waals surface area contributed by atoms with Crippen LogP contribution in [0.4, 0.5) is 8.78 Å². The number of pyridine rings is 2. The number of fused-ring (bicyclic) bond motifs is 1. The van der Waals surface area contributed by atoms with Gasteiger partial charge < -0.3 is 14.6 Å². The molecule has 0 bridgehead atoms. The zero-order valence-corrected chi connectivity index (χ0v) is 17.4. The summed E-state index contributed by atoms with van der Waals surface area (Å²) in [4.78, 5) is 22.5. The average molecular weight is 421 g/mol. The Hall–Kier alpha value is -2.65. The number of halogens is 2. The largest absolute Gasteiger partial charge is 0.485 e. The lowest BCUT2D eigenvalue weighted by atomic mass is 10.1. The zero-order valence-electron chi connectivity index (χ0n) is 17.4. The molecule has 3 rings (SSSR count). The summed E-state index contributed by atoms with van der Waals surface area (Å²) >= 11 is 0. The molecule has 2 atom stereocenters. The summed E-state index contributed by atoms with van der Waals surface area (Å²) in [5.74, 6) is -3.18. The van der Waals surface area contributed by atoms with Crippen molar-refractivity contribution >= 4 is 5.97 Å². The van der Waals surface area contributed by atoms with E-state index in [1.54, 1.807) is 30.9 Å². The number of rotatable bonds is 7. The highest BCUT2D eigenvalue weighted by Gasteiger charge is 2.36. The maximum absolute atomic E-state index is 13.0. The van der Waals surface area contributed by atoms with Gasteiger partial charge in [0.15, 0.2) is 12.3 Å². The lowest BCUT2D eigenvalue weighted by molar-refractivity contribution is -0.0234. The number of nitrogens with zero attached hydrogens (tertiary/aromatic N) is 3. The second kappa shape index (κ2) is 8.61. The van der Waals surface area contributed by atoms with Crippen LogP contribution in [0.3, 0.4) is 0 Å². The fourth-order valence-electron chi connectivity index (χ4n) is 3.41. The van der Waals surface area contributed by atoms with E-state index >= 15 is 0 Å². The Morgan fingerprint density at radius 3 is 2.80 bits per heavy atom. The van der Waals surface area contributed by atoms with Gasteiger partial charge in [-0.25, -0.2) is 18.6 Å². The minimum Gasteiger partial charge on any atom is -0.485 e. The number of alkyl halides is 2. The van der Waals surface area contributed by atoms with Gasteiger partial charge in [0.25, 0.3) is 5.92 Å².